The van der Waals surface area contributed by atoms with Gasteiger partial charge in [-0.3, -0.25) is 10.0 Å². The molecule has 0 saturated heterocycles. The summed E-state index contributed by atoms with van der Waals surface area (Å²) in [6.45, 7) is 4.77. The number of nitrogens with zero attached hydrogens (tertiary/aromatic N) is 1. The molecule has 0 fully saturated rings. The second-order valence-corrected chi connectivity index (χ2v) is 3.35. The molecule has 0 aliphatic heterocycles. The Balaban J connectivity index is 4.42. The first kappa shape index (κ1) is 11.9. The molecule has 0 saturated carbocycles. The molecule has 76 valence electrons. The molecule has 0 aliphatic rings. The van der Waals surface area contributed by atoms with Crippen molar-refractivity contribution in [3.05, 3.63) is 0 Å². The number of aliphatic carboxylic acids is 1. The van der Waals surface area contributed by atoms with Gasteiger partial charge >= 0.3 is 5.97 Å². The third-order valence-corrected chi connectivity index (χ3v) is 1.60. The zero-order chi connectivity index (χ0) is 10.6. The predicted molar refractivity (Wildman–Crippen MR) is 45.2 cm³/mol. The molecule has 0 heterocycles. The van der Waals surface area contributed by atoms with E-state index in [0.717, 1.165) is 6.92 Å². The van der Waals surface area contributed by atoms with Crippen molar-refractivity contribution < 1.29 is 19.9 Å². The number of hydroxylamine groups is 2. The maximum Gasteiger partial charge on any atom is 0.329 e. The predicted octanol–water partition coefficient (Wildman–Crippen LogP) is 0.723. The number of carbonyl (C=O) groups excluding carboxylic acids is 1. The van der Waals surface area contributed by atoms with Crippen LogP contribution < -0.4 is 0 Å². The van der Waals surface area contributed by atoms with E-state index in [-0.39, 0.29) is 17.4 Å². The molecular weight excluding hydrogens is 174 g/mol. The zero-order valence-corrected chi connectivity index (χ0v) is 8.02. The van der Waals surface area contributed by atoms with Crippen LogP contribution in [0.4, 0.5) is 0 Å². The largest absolute Gasteiger partial charge is 0.480 e. The molecular formula is C8H15NO4. The molecule has 0 aromatic heterocycles. The Morgan fingerprint density at radius 1 is 1.38 bits per heavy atom. The van der Waals surface area contributed by atoms with Gasteiger partial charge in [-0.25, -0.2) is 9.86 Å². The number of hydrogen-bond acceptors (Lipinski definition) is 3. The summed E-state index contributed by atoms with van der Waals surface area (Å²) in [5, 5.41) is 18.1. The van der Waals surface area contributed by atoms with Crippen LogP contribution in [0.2, 0.25) is 0 Å². The van der Waals surface area contributed by atoms with Crippen molar-refractivity contribution in [3.63, 3.8) is 0 Å². The molecule has 0 bridgehead atoms. The fraction of sp³-hybridized carbons (Fsp3) is 0.750. The monoisotopic (exact) mass is 189 g/mol. The van der Waals surface area contributed by atoms with Crippen molar-refractivity contribution in [1.82, 2.24) is 5.06 Å². The molecule has 1 atom stereocenters. The van der Waals surface area contributed by atoms with Crippen molar-refractivity contribution in [1.29, 1.82) is 0 Å². The quantitative estimate of drug-likeness (QED) is 0.504. The standard InChI is InChI=1S/C8H15NO4/c1-5(2)4-7(8(11)12)9(13)6(3)10/h5,7,13H,4H2,1-3H3,(H,11,12)/t7-/m0/s1. The van der Waals surface area contributed by atoms with Crippen LogP contribution in [0, 0.1) is 5.92 Å². The van der Waals surface area contributed by atoms with Gasteiger partial charge in [-0.05, 0) is 12.3 Å². The fourth-order valence-corrected chi connectivity index (χ4v) is 0.971. The van der Waals surface area contributed by atoms with Crippen molar-refractivity contribution in [2.24, 2.45) is 5.92 Å². The molecule has 5 heteroatoms. The minimum absolute atomic E-state index is 0.107. The number of carboxylic acids is 1. The second-order valence-electron chi connectivity index (χ2n) is 3.35. The first-order chi connectivity index (χ1) is 5.86. The highest BCUT2D eigenvalue weighted by Gasteiger charge is 2.27. The molecule has 0 unspecified atom stereocenters. The van der Waals surface area contributed by atoms with Gasteiger partial charge in [0.1, 0.15) is 0 Å². The smallest absolute Gasteiger partial charge is 0.329 e. The lowest BCUT2D eigenvalue weighted by Gasteiger charge is -2.22. The Bertz CT molecular complexity index is 202. The summed E-state index contributed by atoms with van der Waals surface area (Å²) in [6.07, 6.45) is 0.241. The number of hydrogen-bond donors (Lipinski definition) is 2. The van der Waals surface area contributed by atoms with Crippen LogP contribution in [0.15, 0.2) is 0 Å². The Morgan fingerprint density at radius 2 is 1.85 bits per heavy atom. The topological polar surface area (TPSA) is 77.8 Å². The van der Waals surface area contributed by atoms with Crippen LogP contribution >= 0.6 is 0 Å². The fourth-order valence-electron chi connectivity index (χ4n) is 0.971. The zero-order valence-electron chi connectivity index (χ0n) is 8.02. The highest BCUT2D eigenvalue weighted by Crippen LogP contribution is 2.10. The number of rotatable bonds is 4. The molecule has 0 aromatic rings. The Kier molecular flexibility index (Phi) is 4.40. The Hall–Kier alpha value is -1.10. The van der Waals surface area contributed by atoms with Gasteiger partial charge in [0, 0.05) is 6.92 Å². The van der Waals surface area contributed by atoms with E-state index in [1.807, 2.05) is 13.8 Å². The molecule has 0 radical (unpaired) electrons. The lowest BCUT2D eigenvalue weighted by atomic mass is 10.0. The third-order valence-electron chi connectivity index (χ3n) is 1.60. The van der Waals surface area contributed by atoms with Crippen molar-refractivity contribution in [2.75, 3.05) is 0 Å². The van der Waals surface area contributed by atoms with Crippen LogP contribution in [0.25, 0.3) is 0 Å². The van der Waals surface area contributed by atoms with Gasteiger partial charge in [0.15, 0.2) is 6.04 Å². The van der Waals surface area contributed by atoms with Crippen molar-refractivity contribution >= 4 is 11.9 Å². The summed E-state index contributed by atoms with van der Waals surface area (Å²) < 4.78 is 0. The van der Waals surface area contributed by atoms with E-state index in [1.54, 1.807) is 0 Å². The molecule has 5 nitrogen and oxygen atoms in total. The molecule has 1 amide bonds. The number of carboxylic acid groups (broad SMARTS) is 1. The lowest BCUT2D eigenvalue weighted by molar-refractivity contribution is -0.185. The van der Waals surface area contributed by atoms with Gasteiger partial charge in [-0.2, -0.15) is 0 Å². The first-order valence-corrected chi connectivity index (χ1v) is 4.07. The van der Waals surface area contributed by atoms with Crippen LogP contribution in [-0.2, 0) is 9.59 Å². The SMILES string of the molecule is CC(=O)N(O)[C@@H](CC(C)C)C(=O)O. The van der Waals surface area contributed by atoms with E-state index in [0.29, 0.717) is 0 Å². The van der Waals surface area contributed by atoms with Gasteiger partial charge in [0.2, 0.25) is 5.91 Å². The van der Waals surface area contributed by atoms with E-state index in [1.165, 1.54) is 0 Å². The van der Waals surface area contributed by atoms with Crippen LogP contribution in [0.3, 0.4) is 0 Å². The highest BCUT2D eigenvalue weighted by molar-refractivity contribution is 5.81. The van der Waals surface area contributed by atoms with Crippen LogP contribution in [-0.4, -0.2) is 33.3 Å². The van der Waals surface area contributed by atoms with Gasteiger partial charge in [0.25, 0.3) is 0 Å². The molecule has 2 N–H and O–H groups in total. The van der Waals surface area contributed by atoms with E-state index >= 15 is 0 Å². The average Bonchev–Trinajstić information content (AvgIpc) is 1.97. The lowest BCUT2D eigenvalue weighted by Crippen LogP contribution is -2.42. The normalized spacial score (nSPS) is 12.7. The number of amides is 1. The van der Waals surface area contributed by atoms with Crippen LogP contribution in [0.1, 0.15) is 27.2 Å². The summed E-state index contributed by atoms with van der Waals surface area (Å²) in [6, 6.07) is -1.14. The first-order valence-electron chi connectivity index (χ1n) is 4.07. The Labute approximate surface area is 76.9 Å². The summed E-state index contributed by atoms with van der Waals surface area (Å²) in [5.74, 6) is -1.74. The summed E-state index contributed by atoms with van der Waals surface area (Å²) in [5.41, 5.74) is 0. The number of carbonyl (C=O) groups is 2. The van der Waals surface area contributed by atoms with E-state index in [4.69, 9.17) is 10.3 Å². The third kappa shape index (κ3) is 3.89. The second kappa shape index (κ2) is 4.81. The molecule has 0 spiro atoms. The van der Waals surface area contributed by atoms with Gasteiger partial charge in [-0.1, -0.05) is 13.8 Å². The van der Waals surface area contributed by atoms with Gasteiger partial charge in [-0.15, -0.1) is 0 Å². The van der Waals surface area contributed by atoms with Crippen molar-refractivity contribution in [2.45, 2.75) is 33.2 Å². The van der Waals surface area contributed by atoms with Gasteiger partial charge in [0.05, 0.1) is 0 Å². The molecule has 0 rings (SSSR count). The van der Waals surface area contributed by atoms with E-state index < -0.39 is 17.9 Å². The molecule has 0 aliphatic carbocycles. The Morgan fingerprint density at radius 3 is 2.08 bits per heavy atom. The van der Waals surface area contributed by atoms with E-state index in [9.17, 15) is 9.59 Å². The summed E-state index contributed by atoms with van der Waals surface area (Å²) in [7, 11) is 0. The van der Waals surface area contributed by atoms with Crippen molar-refractivity contribution in [3.8, 4) is 0 Å². The minimum atomic E-state index is -1.19. The van der Waals surface area contributed by atoms with Crippen LogP contribution in [0.5, 0.6) is 0 Å². The van der Waals surface area contributed by atoms with Gasteiger partial charge < -0.3 is 5.11 Å². The average molecular weight is 189 g/mol. The highest BCUT2D eigenvalue weighted by atomic mass is 16.5. The molecule has 13 heavy (non-hydrogen) atoms. The molecule has 0 aromatic carbocycles. The summed E-state index contributed by atoms with van der Waals surface area (Å²) >= 11 is 0. The summed E-state index contributed by atoms with van der Waals surface area (Å²) in [4.78, 5) is 21.3. The maximum absolute atomic E-state index is 10.7. The maximum atomic E-state index is 10.7. The van der Waals surface area contributed by atoms with E-state index in [2.05, 4.69) is 0 Å². The minimum Gasteiger partial charge on any atom is -0.480 e.